The van der Waals surface area contributed by atoms with E-state index in [9.17, 15) is 9.90 Å². The van der Waals surface area contributed by atoms with Crippen molar-refractivity contribution in [1.82, 2.24) is 14.8 Å². The number of carbonyl (C=O) groups excluding carboxylic acids is 1. The van der Waals surface area contributed by atoms with Gasteiger partial charge in [-0.2, -0.15) is 0 Å². The number of piperidine rings is 2. The standard InChI is InChI=1S/C16H26N4O2S/c1-12-2-6-19(7-3-12)10-13-11-23-15(17-13)18-16(22)20-8-4-14(21)5-9-20/h11-12,14,21H,2-10H2,1H3,(H,17,18,22). The van der Waals surface area contributed by atoms with E-state index in [1.54, 1.807) is 4.90 Å². The van der Waals surface area contributed by atoms with Gasteiger partial charge in [-0.3, -0.25) is 10.2 Å². The molecule has 6 nitrogen and oxygen atoms in total. The van der Waals surface area contributed by atoms with Crippen LogP contribution < -0.4 is 5.32 Å². The van der Waals surface area contributed by atoms with Crippen LogP contribution >= 0.6 is 11.3 Å². The Morgan fingerprint density at radius 1 is 1.30 bits per heavy atom. The third-order valence-corrected chi connectivity index (χ3v) is 5.59. The second-order valence-corrected chi connectivity index (χ2v) is 7.61. The Hall–Kier alpha value is -1.18. The van der Waals surface area contributed by atoms with Crippen molar-refractivity contribution in [1.29, 1.82) is 0 Å². The van der Waals surface area contributed by atoms with Crippen LogP contribution in [0.3, 0.4) is 0 Å². The number of hydrogen-bond donors (Lipinski definition) is 2. The molecule has 0 aliphatic carbocycles. The van der Waals surface area contributed by atoms with E-state index in [1.165, 1.54) is 24.2 Å². The number of hydrogen-bond acceptors (Lipinski definition) is 5. The topological polar surface area (TPSA) is 68.7 Å². The maximum absolute atomic E-state index is 12.2. The average Bonchev–Trinajstić information content (AvgIpc) is 2.97. The highest BCUT2D eigenvalue weighted by Crippen LogP contribution is 2.21. The van der Waals surface area contributed by atoms with Gasteiger partial charge in [-0.1, -0.05) is 6.92 Å². The van der Waals surface area contributed by atoms with Gasteiger partial charge in [-0.05, 0) is 44.7 Å². The van der Waals surface area contributed by atoms with Crippen LogP contribution in [0, 0.1) is 5.92 Å². The molecule has 2 aliphatic rings. The number of nitrogens with zero attached hydrogens (tertiary/aromatic N) is 3. The summed E-state index contributed by atoms with van der Waals surface area (Å²) in [6.07, 6.45) is 3.56. The molecular weight excluding hydrogens is 312 g/mol. The summed E-state index contributed by atoms with van der Waals surface area (Å²) in [6.45, 7) is 6.67. The van der Waals surface area contributed by atoms with Crippen LogP contribution in [0.2, 0.25) is 0 Å². The minimum atomic E-state index is -0.266. The monoisotopic (exact) mass is 338 g/mol. The Labute approximate surface area is 141 Å². The summed E-state index contributed by atoms with van der Waals surface area (Å²) >= 11 is 1.49. The third-order valence-electron chi connectivity index (χ3n) is 4.78. The van der Waals surface area contributed by atoms with Crippen molar-refractivity contribution in [2.75, 3.05) is 31.5 Å². The first-order valence-electron chi connectivity index (χ1n) is 8.51. The zero-order chi connectivity index (χ0) is 16.2. The number of amides is 2. The Morgan fingerprint density at radius 2 is 2.00 bits per heavy atom. The first-order valence-corrected chi connectivity index (χ1v) is 9.39. The van der Waals surface area contributed by atoms with Crippen LogP contribution in [0.5, 0.6) is 0 Å². The molecule has 2 N–H and O–H groups in total. The first-order chi connectivity index (χ1) is 11.1. The molecule has 0 bridgehead atoms. The zero-order valence-corrected chi connectivity index (χ0v) is 14.5. The second-order valence-electron chi connectivity index (χ2n) is 6.75. The van der Waals surface area contributed by atoms with E-state index >= 15 is 0 Å². The molecule has 3 heterocycles. The number of aliphatic hydroxyl groups excluding tert-OH is 1. The van der Waals surface area contributed by atoms with E-state index in [0.717, 1.165) is 31.2 Å². The molecule has 1 aromatic heterocycles. The SMILES string of the molecule is CC1CCN(Cc2csc(NC(=O)N3CCC(O)CC3)n2)CC1. The lowest BCUT2D eigenvalue weighted by atomic mass is 9.99. The minimum Gasteiger partial charge on any atom is -0.393 e. The van der Waals surface area contributed by atoms with Gasteiger partial charge < -0.3 is 10.0 Å². The quantitative estimate of drug-likeness (QED) is 0.888. The van der Waals surface area contributed by atoms with E-state index < -0.39 is 0 Å². The highest BCUT2D eigenvalue weighted by atomic mass is 32.1. The van der Waals surface area contributed by atoms with E-state index in [2.05, 4.69) is 22.1 Å². The number of nitrogens with one attached hydrogen (secondary N) is 1. The molecule has 0 unspecified atom stereocenters. The van der Waals surface area contributed by atoms with Crippen LogP contribution in [0.25, 0.3) is 0 Å². The fraction of sp³-hybridized carbons (Fsp3) is 0.750. The van der Waals surface area contributed by atoms with Gasteiger partial charge in [0.2, 0.25) is 0 Å². The molecule has 2 amide bonds. The van der Waals surface area contributed by atoms with Gasteiger partial charge in [0.25, 0.3) is 0 Å². The molecule has 2 saturated heterocycles. The summed E-state index contributed by atoms with van der Waals surface area (Å²) in [5.74, 6) is 0.833. The summed E-state index contributed by atoms with van der Waals surface area (Å²) in [4.78, 5) is 20.9. The molecule has 7 heteroatoms. The van der Waals surface area contributed by atoms with E-state index in [-0.39, 0.29) is 12.1 Å². The van der Waals surface area contributed by atoms with Crippen LogP contribution in [0.1, 0.15) is 38.3 Å². The van der Waals surface area contributed by atoms with Gasteiger partial charge in [-0.25, -0.2) is 9.78 Å². The van der Waals surface area contributed by atoms with Gasteiger partial charge in [0, 0.05) is 25.0 Å². The number of aliphatic hydroxyl groups is 1. The first kappa shape index (κ1) is 16.7. The van der Waals surface area contributed by atoms with E-state index in [0.29, 0.717) is 31.1 Å². The summed E-state index contributed by atoms with van der Waals surface area (Å²) in [5.41, 5.74) is 1.04. The van der Waals surface area contributed by atoms with Crippen LogP contribution in [-0.2, 0) is 6.54 Å². The molecule has 0 atom stereocenters. The molecule has 0 aromatic carbocycles. The number of thiazole rings is 1. The number of aromatic nitrogens is 1. The van der Waals surface area contributed by atoms with Crippen molar-refractivity contribution < 1.29 is 9.90 Å². The van der Waals surface area contributed by atoms with Gasteiger partial charge in [-0.15, -0.1) is 11.3 Å². The smallest absolute Gasteiger partial charge is 0.323 e. The normalized spacial score (nSPS) is 21.6. The van der Waals surface area contributed by atoms with Gasteiger partial charge in [0.05, 0.1) is 11.8 Å². The molecular formula is C16H26N4O2S. The number of urea groups is 1. The predicted octanol–water partition coefficient (Wildman–Crippen LogP) is 2.36. The molecule has 128 valence electrons. The van der Waals surface area contributed by atoms with Crippen molar-refractivity contribution in [3.05, 3.63) is 11.1 Å². The fourth-order valence-electron chi connectivity index (χ4n) is 3.13. The molecule has 1 aromatic rings. The Kier molecular flexibility index (Phi) is 5.50. The van der Waals surface area contributed by atoms with Crippen LogP contribution in [0.4, 0.5) is 9.93 Å². The summed E-state index contributed by atoms with van der Waals surface area (Å²) in [7, 11) is 0. The van der Waals surface area contributed by atoms with E-state index in [4.69, 9.17) is 0 Å². The predicted molar refractivity (Wildman–Crippen MR) is 91.6 cm³/mol. The number of anilines is 1. The Bertz CT molecular complexity index is 520. The molecule has 0 radical (unpaired) electrons. The summed E-state index contributed by atoms with van der Waals surface area (Å²) in [5, 5.41) is 15.1. The molecule has 2 aliphatic heterocycles. The number of carbonyl (C=O) groups is 1. The number of likely N-dealkylation sites (tertiary alicyclic amines) is 2. The molecule has 23 heavy (non-hydrogen) atoms. The summed E-state index contributed by atoms with van der Waals surface area (Å²) in [6, 6.07) is -0.107. The van der Waals surface area contributed by atoms with Gasteiger partial charge in [0.15, 0.2) is 5.13 Å². The van der Waals surface area contributed by atoms with Crippen LogP contribution in [-0.4, -0.2) is 58.2 Å². The van der Waals surface area contributed by atoms with Crippen molar-refractivity contribution in [3.63, 3.8) is 0 Å². The maximum Gasteiger partial charge on any atom is 0.323 e. The molecule has 3 rings (SSSR count). The molecule has 0 saturated carbocycles. The molecule has 2 fully saturated rings. The van der Waals surface area contributed by atoms with Crippen molar-refractivity contribution >= 4 is 22.5 Å². The highest BCUT2D eigenvalue weighted by Gasteiger charge is 2.22. The summed E-state index contributed by atoms with van der Waals surface area (Å²) < 4.78 is 0. The maximum atomic E-state index is 12.2. The van der Waals surface area contributed by atoms with E-state index in [1.807, 2.05) is 5.38 Å². The lowest BCUT2D eigenvalue weighted by molar-refractivity contribution is 0.0972. The highest BCUT2D eigenvalue weighted by molar-refractivity contribution is 7.13. The average molecular weight is 338 g/mol. The third kappa shape index (κ3) is 4.65. The Morgan fingerprint density at radius 3 is 2.70 bits per heavy atom. The lowest BCUT2D eigenvalue weighted by Gasteiger charge is -2.29. The van der Waals surface area contributed by atoms with Crippen molar-refractivity contribution in [2.24, 2.45) is 5.92 Å². The Balaban J connectivity index is 1.48. The van der Waals surface area contributed by atoms with Gasteiger partial charge >= 0.3 is 6.03 Å². The zero-order valence-electron chi connectivity index (χ0n) is 13.7. The molecule has 0 spiro atoms. The van der Waals surface area contributed by atoms with Crippen LogP contribution in [0.15, 0.2) is 5.38 Å². The second kappa shape index (κ2) is 7.59. The van der Waals surface area contributed by atoms with Crippen molar-refractivity contribution in [3.8, 4) is 0 Å². The lowest BCUT2D eigenvalue weighted by Crippen LogP contribution is -2.42. The largest absolute Gasteiger partial charge is 0.393 e. The van der Waals surface area contributed by atoms with Crippen molar-refractivity contribution in [2.45, 2.75) is 45.3 Å². The minimum absolute atomic E-state index is 0.107. The van der Waals surface area contributed by atoms with Gasteiger partial charge in [0.1, 0.15) is 0 Å². The number of rotatable bonds is 3. The fourth-order valence-corrected chi connectivity index (χ4v) is 3.82.